The molecule has 0 amide bonds. The minimum Gasteiger partial charge on any atom is -0.496 e. The van der Waals surface area contributed by atoms with Crippen molar-refractivity contribution in [2.75, 3.05) is 13.7 Å². The van der Waals surface area contributed by atoms with Gasteiger partial charge in [0.05, 0.1) is 7.11 Å². The molecule has 102 valence electrons. The SMILES string of the molecule is CCCC(NCC)c1c(C)c(Br)cc(C)c1OC. The van der Waals surface area contributed by atoms with Gasteiger partial charge >= 0.3 is 0 Å². The molecule has 0 aromatic heterocycles. The van der Waals surface area contributed by atoms with Gasteiger partial charge in [0.15, 0.2) is 0 Å². The van der Waals surface area contributed by atoms with Crippen molar-refractivity contribution < 1.29 is 4.74 Å². The van der Waals surface area contributed by atoms with Crippen LogP contribution in [0.1, 0.15) is 49.4 Å². The molecule has 18 heavy (non-hydrogen) atoms. The molecule has 0 saturated carbocycles. The van der Waals surface area contributed by atoms with Crippen LogP contribution in [-0.2, 0) is 0 Å². The lowest BCUT2D eigenvalue weighted by Gasteiger charge is -2.24. The molecule has 0 bridgehead atoms. The number of hydrogen-bond acceptors (Lipinski definition) is 2. The van der Waals surface area contributed by atoms with E-state index in [0.29, 0.717) is 6.04 Å². The maximum absolute atomic E-state index is 5.62. The number of ether oxygens (including phenoxy) is 1. The van der Waals surface area contributed by atoms with Crippen molar-refractivity contribution in [3.05, 3.63) is 27.2 Å². The Labute approximate surface area is 119 Å². The Bertz CT molecular complexity index is 398. The van der Waals surface area contributed by atoms with Crippen LogP contribution in [0.25, 0.3) is 0 Å². The summed E-state index contributed by atoms with van der Waals surface area (Å²) >= 11 is 3.65. The van der Waals surface area contributed by atoms with Crippen LogP contribution < -0.4 is 10.1 Å². The van der Waals surface area contributed by atoms with E-state index in [1.165, 1.54) is 16.7 Å². The van der Waals surface area contributed by atoms with Gasteiger partial charge in [0.25, 0.3) is 0 Å². The van der Waals surface area contributed by atoms with Crippen molar-refractivity contribution in [2.45, 2.75) is 46.6 Å². The second-order valence-electron chi connectivity index (χ2n) is 4.65. The third kappa shape index (κ3) is 3.27. The first kappa shape index (κ1) is 15.5. The van der Waals surface area contributed by atoms with E-state index in [1.807, 2.05) is 0 Å². The minimum absolute atomic E-state index is 0.367. The van der Waals surface area contributed by atoms with Gasteiger partial charge in [-0.3, -0.25) is 0 Å². The molecule has 1 aromatic carbocycles. The molecule has 0 aliphatic rings. The van der Waals surface area contributed by atoms with E-state index in [9.17, 15) is 0 Å². The van der Waals surface area contributed by atoms with Crippen LogP contribution in [0, 0.1) is 13.8 Å². The lowest BCUT2D eigenvalue weighted by Crippen LogP contribution is -2.22. The van der Waals surface area contributed by atoms with Crippen molar-refractivity contribution in [3.63, 3.8) is 0 Å². The molecule has 0 heterocycles. The first-order valence-electron chi connectivity index (χ1n) is 6.63. The molecule has 2 nitrogen and oxygen atoms in total. The summed E-state index contributed by atoms with van der Waals surface area (Å²) in [5, 5.41) is 3.57. The van der Waals surface area contributed by atoms with Crippen LogP contribution in [0.4, 0.5) is 0 Å². The molecular weight excluding hydrogens is 290 g/mol. The molecule has 0 saturated heterocycles. The van der Waals surface area contributed by atoms with Crippen LogP contribution in [-0.4, -0.2) is 13.7 Å². The maximum atomic E-state index is 5.62. The summed E-state index contributed by atoms with van der Waals surface area (Å²) in [5.41, 5.74) is 3.76. The number of methoxy groups -OCH3 is 1. The quantitative estimate of drug-likeness (QED) is 0.833. The van der Waals surface area contributed by atoms with Gasteiger partial charge in [0.1, 0.15) is 5.75 Å². The number of aryl methyl sites for hydroxylation is 1. The Kier molecular flexibility index (Phi) is 6.16. The fraction of sp³-hybridized carbons (Fsp3) is 0.600. The summed E-state index contributed by atoms with van der Waals surface area (Å²) in [6.45, 7) is 9.59. The summed E-state index contributed by atoms with van der Waals surface area (Å²) in [4.78, 5) is 0. The van der Waals surface area contributed by atoms with Gasteiger partial charge in [-0.25, -0.2) is 0 Å². The second kappa shape index (κ2) is 7.15. The van der Waals surface area contributed by atoms with Gasteiger partial charge in [-0.1, -0.05) is 36.2 Å². The first-order chi connectivity index (χ1) is 8.56. The fourth-order valence-corrected chi connectivity index (χ4v) is 3.01. The fourth-order valence-electron chi connectivity index (χ4n) is 2.45. The summed E-state index contributed by atoms with van der Waals surface area (Å²) < 4.78 is 6.79. The van der Waals surface area contributed by atoms with Crippen LogP contribution in [0.2, 0.25) is 0 Å². The van der Waals surface area contributed by atoms with Gasteiger partial charge in [0.2, 0.25) is 0 Å². The van der Waals surface area contributed by atoms with Crippen molar-refractivity contribution in [3.8, 4) is 5.75 Å². The van der Waals surface area contributed by atoms with Crippen LogP contribution in [0.3, 0.4) is 0 Å². The highest BCUT2D eigenvalue weighted by molar-refractivity contribution is 9.10. The average molecular weight is 314 g/mol. The zero-order chi connectivity index (χ0) is 13.7. The highest BCUT2D eigenvalue weighted by Crippen LogP contribution is 2.37. The normalized spacial score (nSPS) is 12.6. The van der Waals surface area contributed by atoms with Gasteiger partial charge in [0, 0.05) is 16.1 Å². The Morgan fingerprint density at radius 2 is 2.00 bits per heavy atom. The van der Waals surface area contributed by atoms with E-state index >= 15 is 0 Å². The van der Waals surface area contributed by atoms with Gasteiger partial charge in [-0.2, -0.15) is 0 Å². The molecule has 1 unspecified atom stereocenters. The Balaban J connectivity index is 3.33. The van der Waals surface area contributed by atoms with E-state index in [2.05, 4.69) is 55.0 Å². The zero-order valence-electron chi connectivity index (χ0n) is 12.1. The summed E-state index contributed by atoms with van der Waals surface area (Å²) in [7, 11) is 1.76. The summed E-state index contributed by atoms with van der Waals surface area (Å²) in [5.74, 6) is 1.02. The van der Waals surface area contributed by atoms with E-state index < -0.39 is 0 Å². The van der Waals surface area contributed by atoms with Crippen molar-refractivity contribution in [1.82, 2.24) is 5.32 Å². The van der Waals surface area contributed by atoms with Gasteiger partial charge in [-0.15, -0.1) is 0 Å². The molecule has 0 spiro atoms. The highest BCUT2D eigenvalue weighted by Gasteiger charge is 2.20. The van der Waals surface area contributed by atoms with Crippen molar-refractivity contribution in [2.24, 2.45) is 0 Å². The van der Waals surface area contributed by atoms with Crippen molar-refractivity contribution in [1.29, 1.82) is 0 Å². The standard InChI is InChI=1S/C15H24BrNO/c1-6-8-13(17-7-2)14-11(4)12(16)9-10(3)15(14)18-5/h9,13,17H,6-8H2,1-5H3. The number of benzene rings is 1. The third-order valence-electron chi connectivity index (χ3n) is 3.29. The molecular formula is C15H24BrNO. The number of nitrogens with one attached hydrogen (secondary N) is 1. The molecule has 0 radical (unpaired) electrons. The molecule has 1 rings (SSSR count). The predicted octanol–water partition coefficient (Wildman–Crippen LogP) is 4.53. The monoisotopic (exact) mass is 313 g/mol. The topological polar surface area (TPSA) is 21.3 Å². The number of halogens is 1. The highest BCUT2D eigenvalue weighted by atomic mass is 79.9. The second-order valence-corrected chi connectivity index (χ2v) is 5.50. The molecule has 0 fully saturated rings. The largest absolute Gasteiger partial charge is 0.496 e. The molecule has 0 aliphatic carbocycles. The van der Waals surface area contributed by atoms with Crippen LogP contribution in [0.5, 0.6) is 5.75 Å². The molecule has 1 N–H and O–H groups in total. The van der Waals surface area contributed by atoms with E-state index in [4.69, 9.17) is 4.74 Å². The number of rotatable bonds is 6. The molecule has 0 aliphatic heterocycles. The summed E-state index contributed by atoms with van der Waals surface area (Å²) in [6.07, 6.45) is 2.28. The Morgan fingerprint density at radius 1 is 1.33 bits per heavy atom. The minimum atomic E-state index is 0.367. The van der Waals surface area contributed by atoms with E-state index in [1.54, 1.807) is 7.11 Å². The molecule has 1 aromatic rings. The van der Waals surface area contributed by atoms with Crippen LogP contribution >= 0.6 is 15.9 Å². The maximum Gasteiger partial charge on any atom is 0.126 e. The van der Waals surface area contributed by atoms with Crippen LogP contribution in [0.15, 0.2) is 10.5 Å². The zero-order valence-corrected chi connectivity index (χ0v) is 13.6. The summed E-state index contributed by atoms with van der Waals surface area (Å²) in [6, 6.07) is 2.50. The smallest absolute Gasteiger partial charge is 0.126 e. The molecule has 3 heteroatoms. The Morgan fingerprint density at radius 3 is 2.50 bits per heavy atom. The lowest BCUT2D eigenvalue weighted by atomic mass is 9.94. The van der Waals surface area contributed by atoms with Crippen molar-refractivity contribution >= 4 is 15.9 Å². The lowest BCUT2D eigenvalue weighted by molar-refractivity contribution is 0.391. The molecule has 1 atom stereocenters. The van der Waals surface area contributed by atoms with Gasteiger partial charge in [-0.05, 0) is 44.0 Å². The first-order valence-corrected chi connectivity index (χ1v) is 7.43. The van der Waals surface area contributed by atoms with E-state index in [0.717, 1.165) is 29.6 Å². The van der Waals surface area contributed by atoms with E-state index in [-0.39, 0.29) is 0 Å². The third-order valence-corrected chi connectivity index (χ3v) is 4.11. The predicted molar refractivity (Wildman–Crippen MR) is 81.5 cm³/mol. The average Bonchev–Trinajstić information content (AvgIpc) is 2.33. The Hall–Kier alpha value is -0.540. The number of hydrogen-bond donors (Lipinski definition) is 1. The van der Waals surface area contributed by atoms with Gasteiger partial charge < -0.3 is 10.1 Å².